The van der Waals surface area contributed by atoms with E-state index in [0.717, 1.165) is 0 Å². The van der Waals surface area contributed by atoms with E-state index < -0.39 is 0 Å². The molecule has 0 rings (SSSR count). The molecule has 2 heteroatoms. The molecule has 16 heavy (non-hydrogen) atoms. The van der Waals surface area contributed by atoms with Crippen LogP contribution in [0.2, 0.25) is 0 Å². The number of hydrogen-bond acceptors (Lipinski definition) is 2. The predicted octanol–water partition coefficient (Wildman–Crippen LogP) is 4.79. The van der Waals surface area contributed by atoms with Gasteiger partial charge in [0.1, 0.15) is 0 Å². The highest BCUT2D eigenvalue weighted by Gasteiger charge is 1.95. The first-order chi connectivity index (χ1) is 7.61. The Kier molecular flexibility index (Phi) is 20.0. The van der Waals surface area contributed by atoms with Gasteiger partial charge in [-0.3, -0.25) is 0 Å². The van der Waals surface area contributed by atoms with Crippen molar-refractivity contribution in [3.05, 3.63) is 36.5 Å². The van der Waals surface area contributed by atoms with Crippen LogP contribution in [0.3, 0.4) is 0 Å². The molecular formula is C14H26N2. The topological polar surface area (TPSA) is 47.7 Å². The smallest absolute Gasteiger partial charge is 0.0609 e. The lowest BCUT2D eigenvalue weighted by atomic mass is 10.1. The van der Waals surface area contributed by atoms with Crippen molar-refractivity contribution in [2.75, 3.05) is 0 Å². The molecule has 0 aromatic carbocycles. The van der Waals surface area contributed by atoms with E-state index in [1.807, 2.05) is 34.6 Å². The van der Waals surface area contributed by atoms with Gasteiger partial charge in [0.2, 0.25) is 0 Å². The van der Waals surface area contributed by atoms with Crippen molar-refractivity contribution < 1.29 is 0 Å². The second-order valence-electron chi connectivity index (χ2n) is 2.40. The molecule has 0 heterocycles. The second-order valence-corrected chi connectivity index (χ2v) is 2.40. The molecule has 0 unspecified atom stereocenters. The Bertz CT molecular complexity index is 258. The van der Waals surface area contributed by atoms with Crippen molar-refractivity contribution in [1.82, 2.24) is 0 Å². The maximum Gasteiger partial charge on any atom is 0.0609 e. The first kappa shape index (κ1) is 20.0. The van der Waals surface area contributed by atoms with Crippen molar-refractivity contribution >= 4 is 11.4 Å². The Hall–Kier alpha value is -1.44. The van der Waals surface area contributed by atoms with Crippen LogP contribution >= 0.6 is 0 Å². The van der Waals surface area contributed by atoms with Gasteiger partial charge in [-0.05, 0) is 26.0 Å². The van der Waals surface area contributed by atoms with Crippen LogP contribution in [0.15, 0.2) is 36.5 Å². The molecule has 2 N–H and O–H groups in total. The van der Waals surface area contributed by atoms with E-state index in [1.54, 1.807) is 31.2 Å². The number of allylic oxidation sites excluding steroid dienone is 5. The van der Waals surface area contributed by atoms with Crippen LogP contribution in [0.5, 0.6) is 0 Å². The third-order valence-corrected chi connectivity index (χ3v) is 1.24. The second kappa shape index (κ2) is 16.0. The summed E-state index contributed by atoms with van der Waals surface area (Å²) in [5.74, 6) is 0. The average Bonchev–Trinajstić information content (AvgIpc) is 2.31. The maximum absolute atomic E-state index is 7.52. The molecule has 0 aliphatic heterocycles. The predicted molar refractivity (Wildman–Crippen MR) is 76.9 cm³/mol. The molecule has 0 aliphatic carbocycles. The molecule has 0 amide bonds. The summed E-state index contributed by atoms with van der Waals surface area (Å²) in [6, 6.07) is 0. The van der Waals surface area contributed by atoms with Crippen LogP contribution in [-0.2, 0) is 0 Å². The molecule has 0 saturated heterocycles. The highest BCUT2D eigenvalue weighted by atomic mass is 14.4. The minimum absolute atomic E-state index is 0.388. The highest BCUT2D eigenvalue weighted by molar-refractivity contribution is 6.11. The molecule has 0 spiro atoms. The number of rotatable bonds is 4. The highest BCUT2D eigenvalue weighted by Crippen LogP contribution is 2.00. The van der Waals surface area contributed by atoms with Crippen molar-refractivity contribution in [3.63, 3.8) is 0 Å². The van der Waals surface area contributed by atoms with Crippen molar-refractivity contribution in [3.8, 4) is 0 Å². The van der Waals surface area contributed by atoms with Crippen molar-refractivity contribution in [2.45, 2.75) is 41.5 Å². The van der Waals surface area contributed by atoms with Gasteiger partial charge in [-0.25, -0.2) is 0 Å². The molecule has 0 saturated carbocycles. The van der Waals surface area contributed by atoms with E-state index in [4.69, 9.17) is 10.8 Å². The van der Waals surface area contributed by atoms with E-state index in [1.165, 1.54) is 0 Å². The van der Waals surface area contributed by atoms with E-state index in [-0.39, 0.29) is 0 Å². The summed E-state index contributed by atoms with van der Waals surface area (Å²) in [4.78, 5) is 0. The SMILES string of the molecule is C=C/C(=C/C(C)=N)C(=N)/C=C\C.CC.CC. The lowest BCUT2D eigenvalue weighted by Crippen LogP contribution is -1.96. The van der Waals surface area contributed by atoms with Gasteiger partial charge in [-0.1, -0.05) is 46.4 Å². The van der Waals surface area contributed by atoms with Gasteiger partial charge in [-0.15, -0.1) is 0 Å². The van der Waals surface area contributed by atoms with Gasteiger partial charge in [0.25, 0.3) is 0 Å². The standard InChI is InChI=1S/C10H14N2.2C2H6/c1-4-6-10(12)9(5-2)7-8(3)11;2*1-2/h4-7,11-12H,2H2,1,3H3;2*1-2H3/b6-4-,9-7-,11-8?,12-10?;;. The molecular weight excluding hydrogens is 196 g/mol. The lowest BCUT2D eigenvalue weighted by Gasteiger charge is -1.97. The third-order valence-electron chi connectivity index (χ3n) is 1.24. The molecule has 0 aliphatic rings. The van der Waals surface area contributed by atoms with Crippen LogP contribution in [0, 0.1) is 10.8 Å². The summed E-state index contributed by atoms with van der Waals surface area (Å²) in [6.45, 7) is 15.1. The summed E-state index contributed by atoms with van der Waals surface area (Å²) in [5.41, 5.74) is 1.50. The first-order valence-corrected chi connectivity index (χ1v) is 5.72. The monoisotopic (exact) mass is 222 g/mol. The van der Waals surface area contributed by atoms with Crippen molar-refractivity contribution in [1.29, 1.82) is 10.8 Å². The normalized spacial score (nSPS) is 9.50. The zero-order valence-corrected chi connectivity index (χ0v) is 11.5. The zero-order chi connectivity index (χ0) is 13.6. The largest absolute Gasteiger partial charge is 0.306 e. The molecule has 92 valence electrons. The summed E-state index contributed by atoms with van der Waals surface area (Å²) < 4.78 is 0. The Labute approximate surface area is 101 Å². The zero-order valence-electron chi connectivity index (χ0n) is 11.5. The molecule has 0 atom stereocenters. The molecule has 2 nitrogen and oxygen atoms in total. The Balaban J connectivity index is -0.000000376. The molecule has 0 radical (unpaired) electrons. The quantitative estimate of drug-likeness (QED) is 0.507. The van der Waals surface area contributed by atoms with Gasteiger partial charge in [0, 0.05) is 11.3 Å². The molecule has 0 aromatic rings. The first-order valence-electron chi connectivity index (χ1n) is 5.72. The summed E-state index contributed by atoms with van der Waals surface area (Å²) in [7, 11) is 0. The fourth-order valence-electron chi connectivity index (χ4n) is 0.743. The van der Waals surface area contributed by atoms with E-state index in [2.05, 4.69) is 6.58 Å². The van der Waals surface area contributed by atoms with Gasteiger partial charge >= 0.3 is 0 Å². The van der Waals surface area contributed by atoms with Crippen molar-refractivity contribution in [2.24, 2.45) is 0 Å². The van der Waals surface area contributed by atoms with E-state index in [0.29, 0.717) is 17.0 Å². The number of nitrogens with one attached hydrogen (secondary N) is 2. The fourth-order valence-corrected chi connectivity index (χ4v) is 0.743. The Morgan fingerprint density at radius 1 is 1.06 bits per heavy atom. The van der Waals surface area contributed by atoms with E-state index >= 15 is 0 Å². The van der Waals surface area contributed by atoms with Gasteiger partial charge in [0.05, 0.1) is 5.71 Å². The fraction of sp³-hybridized carbons (Fsp3) is 0.429. The Morgan fingerprint density at radius 3 is 1.75 bits per heavy atom. The molecule has 0 aromatic heterocycles. The van der Waals surface area contributed by atoms with Gasteiger partial charge in [0.15, 0.2) is 0 Å². The molecule has 0 bridgehead atoms. The Morgan fingerprint density at radius 2 is 1.50 bits per heavy atom. The van der Waals surface area contributed by atoms with Crippen LogP contribution < -0.4 is 0 Å². The van der Waals surface area contributed by atoms with Gasteiger partial charge < -0.3 is 10.8 Å². The number of hydrogen-bond donors (Lipinski definition) is 2. The van der Waals surface area contributed by atoms with Crippen LogP contribution in [0.1, 0.15) is 41.5 Å². The summed E-state index contributed by atoms with van der Waals surface area (Å²) in [6.07, 6.45) is 6.67. The van der Waals surface area contributed by atoms with Crippen LogP contribution in [0.25, 0.3) is 0 Å². The third kappa shape index (κ3) is 12.6. The summed E-state index contributed by atoms with van der Waals surface area (Å²) in [5, 5.41) is 14.7. The van der Waals surface area contributed by atoms with Crippen LogP contribution in [-0.4, -0.2) is 11.4 Å². The maximum atomic E-state index is 7.52. The lowest BCUT2D eigenvalue weighted by molar-refractivity contribution is 1.47. The van der Waals surface area contributed by atoms with Gasteiger partial charge in [-0.2, -0.15) is 0 Å². The average molecular weight is 222 g/mol. The minimum atomic E-state index is 0.388. The van der Waals surface area contributed by atoms with E-state index in [9.17, 15) is 0 Å². The molecule has 0 fully saturated rings. The minimum Gasteiger partial charge on any atom is -0.306 e. The van der Waals surface area contributed by atoms with Crippen LogP contribution in [0.4, 0.5) is 0 Å². The summed E-state index contributed by atoms with van der Waals surface area (Å²) >= 11 is 0.